The average Bonchev–Trinajstić information content (AvgIpc) is 3.38. The zero-order valence-corrected chi connectivity index (χ0v) is 14.4. The summed E-state index contributed by atoms with van der Waals surface area (Å²) in [6, 6.07) is 11.2. The third-order valence-corrected chi connectivity index (χ3v) is 5.75. The number of carbonyl (C=O) groups excluding carboxylic acids is 2. The van der Waals surface area contributed by atoms with Crippen LogP contribution >= 0.6 is 0 Å². The molecule has 26 heavy (non-hydrogen) atoms. The summed E-state index contributed by atoms with van der Waals surface area (Å²) < 4.78 is 11.2. The van der Waals surface area contributed by atoms with Gasteiger partial charge >= 0.3 is 0 Å². The second kappa shape index (κ2) is 5.41. The Bertz CT molecular complexity index is 880. The third kappa shape index (κ3) is 2.00. The van der Waals surface area contributed by atoms with Crippen LogP contribution in [0.4, 0.5) is 0 Å². The molecule has 3 aliphatic rings. The molecule has 1 aromatic heterocycles. The number of carbonyl (C=O) groups is 2. The minimum atomic E-state index is -0.716. The normalized spacial score (nSPS) is 30.0. The standard InChI is InChI=1S/C19H19N3O4/c1-12-9-14(20-26-12)18(24)21-8-7-19-16(21)10-17(23)22(19)15(11-25-19)13-5-3-2-4-6-13/h2-6,9,15-16H,7-8,10-11H2,1H3/t15-,16+,19-/m0/s1. The molecule has 2 amide bonds. The predicted octanol–water partition coefficient (Wildman–Crippen LogP) is 1.90. The van der Waals surface area contributed by atoms with Gasteiger partial charge in [-0.25, -0.2) is 0 Å². The van der Waals surface area contributed by atoms with E-state index in [1.54, 1.807) is 17.9 Å². The SMILES string of the molecule is Cc1cc(C(=O)N2CC[C@@]34OC[C@@H](c5ccccc5)N3C(=O)C[C@@H]24)no1. The van der Waals surface area contributed by atoms with E-state index in [1.165, 1.54) is 0 Å². The fraction of sp³-hybridized carbons (Fsp3) is 0.421. The molecular weight excluding hydrogens is 334 g/mol. The van der Waals surface area contributed by atoms with Gasteiger partial charge in [0.15, 0.2) is 11.4 Å². The molecule has 0 bridgehead atoms. The van der Waals surface area contributed by atoms with Crippen LogP contribution < -0.4 is 0 Å². The molecule has 134 valence electrons. The Morgan fingerprint density at radius 3 is 2.85 bits per heavy atom. The van der Waals surface area contributed by atoms with Crippen LogP contribution in [0.15, 0.2) is 40.9 Å². The summed E-state index contributed by atoms with van der Waals surface area (Å²) in [6.45, 7) is 2.75. The molecule has 4 heterocycles. The van der Waals surface area contributed by atoms with Gasteiger partial charge < -0.3 is 19.1 Å². The molecule has 2 aromatic rings. The van der Waals surface area contributed by atoms with Crippen LogP contribution in [-0.4, -0.2) is 51.7 Å². The van der Waals surface area contributed by atoms with Gasteiger partial charge in [0, 0.05) is 19.0 Å². The number of aryl methyl sites for hydroxylation is 1. The van der Waals surface area contributed by atoms with Gasteiger partial charge in [0.1, 0.15) is 5.76 Å². The molecule has 7 nitrogen and oxygen atoms in total. The van der Waals surface area contributed by atoms with Crippen LogP contribution in [-0.2, 0) is 9.53 Å². The molecule has 5 rings (SSSR count). The highest BCUT2D eigenvalue weighted by molar-refractivity contribution is 5.94. The van der Waals surface area contributed by atoms with E-state index >= 15 is 0 Å². The van der Waals surface area contributed by atoms with Crippen molar-refractivity contribution in [3.63, 3.8) is 0 Å². The minimum Gasteiger partial charge on any atom is -0.361 e. The van der Waals surface area contributed by atoms with Crippen LogP contribution in [0.3, 0.4) is 0 Å². The number of ether oxygens (including phenoxy) is 1. The highest BCUT2D eigenvalue weighted by atomic mass is 16.5. The van der Waals surface area contributed by atoms with E-state index in [-0.39, 0.29) is 36.0 Å². The second-order valence-corrected chi connectivity index (χ2v) is 7.14. The molecule has 1 aromatic carbocycles. The van der Waals surface area contributed by atoms with Crippen molar-refractivity contribution in [1.29, 1.82) is 0 Å². The number of aromatic nitrogens is 1. The summed E-state index contributed by atoms with van der Waals surface area (Å²) in [4.78, 5) is 29.3. The van der Waals surface area contributed by atoms with E-state index < -0.39 is 5.72 Å². The van der Waals surface area contributed by atoms with E-state index in [0.717, 1.165) is 5.56 Å². The van der Waals surface area contributed by atoms with Crippen molar-refractivity contribution in [3.05, 3.63) is 53.4 Å². The van der Waals surface area contributed by atoms with E-state index in [1.807, 2.05) is 35.2 Å². The molecular formula is C19H19N3O4. The van der Waals surface area contributed by atoms with Crippen LogP contribution in [0.1, 0.15) is 40.7 Å². The number of nitrogens with zero attached hydrogens (tertiary/aromatic N) is 3. The quantitative estimate of drug-likeness (QED) is 0.824. The Balaban J connectivity index is 1.47. The molecule has 3 saturated heterocycles. The van der Waals surface area contributed by atoms with Crippen molar-refractivity contribution in [2.75, 3.05) is 13.2 Å². The summed E-state index contributed by atoms with van der Waals surface area (Å²) in [7, 11) is 0. The fourth-order valence-electron chi connectivity index (χ4n) is 4.62. The Morgan fingerprint density at radius 2 is 2.12 bits per heavy atom. The van der Waals surface area contributed by atoms with Crippen LogP contribution in [0.2, 0.25) is 0 Å². The van der Waals surface area contributed by atoms with E-state index in [2.05, 4.69) is 5.16 Å². The molecule has 0 saturated carbocycles. The lowest BCUT2D eigenvalue weighted by Crippen LogP contribution is -2.49. The molecule has 0 unspecified atom stereocenters. The number of hydrogen-bond acceptors (Lipinski definition) is 5. The van der Waals surface area contributed by atoms with Gasteiger partial charge in [-0.3, -0.25) is 9.59 Å². The first-order chi connectivity index (χ1) is 12.6. The van der Waals surface area contributed by atoms with E-state index in [0.29, 0.717) is 25.3 Å². The average molecular weight is 353 g/mol. The smallest absolute Gasteiger partial charge is 0.276 e. The molecule has 3 fully saturated rings. The summed E-state index contributed by atoms with van der Waals surface area (Å²) in [5.41, 5.74) is 0.629. The third-order valence-electron chi connectivity index (χ3n) is 5.75. The van der Waals surface area contributed by atoms with Crippen LogP contribution in [0, 0.1) is 6.92 Å². The number of hydrogen-bond donors (Lipinski definition) is 0. The molecule has 0 radical (unpaired) electrons. The van der Waals surface area contributed by atoms with E-state index in [4.69, 9.17) is 9.26 Å². The van der Waals surface area contributed by atoms with Crippen molar-refractivity contribution in [1.82, 2.24) is 15.0 Å². The van der Waals surface area contributed by atoms with Crippen molar-refractivity contribution in [2.45, 2.75) is 37.6 Å². The van der Waals surface area contributed by atoms with Crippen molar-refractivity contribution in [2.24, 2.45) is 0 Å². The molecule has 7 heteroatoms. The lowest BCUT2D eigenvalue weighted by Gasteiger charge is -2.33. The highest BCUT2D eigenvalue weighted by Gasteiger charge is 2.65. The van der Waals surface area contributed by atoms with Gasteiger partial charge in [0.2, 0.25) is 5.91 Å². The highest BCUT2D eigenvalue weighted by Crippen LogP contribution is 2.51. The number of rotatable bonds is 2. The second-order valence-electron chi connectivity index (χ2n) is 7.14. The fourth-order valence-corrected chi connectivity index (χ4v) is 4.62. The molecule has 0 N–H and O–H groups in total. The number of likely N-dealkylation sites (tertiary alicyclic amines) is 1. The summed E-state index contributed by atoms with van der Waals surface area (Å²) in [5, 5.41) is 3.83. The number of benzene rings is 1. The van der Waals surface area contributed by atoms with Gasteiger partial charge in [-0.1, -0.05) is 35.5 Å². The Hall–Kier alpha value is -2.67. The minimum absolute atomic E-state index is 0.0372. The van der Waals surface area contributed by atoms with Gasteiger partial charge in [-0.2, -0.15) is 0 Å². The first-order valence-electron chi connectivity index (χ1n) is 8.85. The van der Waals surface area contributed by atoms with E-state index in [9.17, 15) is 9.59 Å². The van der Waals surface area contributed by atoms with Crippen molar-refractivity contribution < 1.29 is 18.8 Å². The molecule has 1 spiro atoms. The topological polar surface area (TPSA) is 75.9 Å². The zero-order chi connectivity index (χ0) is 17.9. The predicted molar refractivity (Wildman–Crippen MR) is 90.0 cm³/mol. The van der Waals surface area contributed by atoms with Crippen molar-refractivity contribution >= 4 is 11.8 Å². The van der Waals surface area contributed by atoms with Gasteiger partial charge in [0.05, 0.1) is 25.1 Å². The summed E-state index contributed by atoms with van der Waals surface area (Å²) in [5.74, 6) is 0.424. The first-order valence-corrected chi connectivity index (χ1v) is 8.85. The molecule has 3 aliphatic heterocycles. The summed E-state index contributed by atoms with van der Waals surface area (Å²) in [6.07, 6.45) is 0.904. The maximum atomic E-state index is 12.9. The maximum absolute atomic E-state index is 12.9. The zero-order valence-electron chi connectivity index (χ0n) is 14.4. The Morgan fingerprint density at radius 1 is 1.31 bits per heavy atom. The van der Waals surface area contributed by atoms with Gasteiger partial charge in [0.25, 0.3) is 5.91 Å². The van der Waals surface area contributed by atoms with Crippen LogP contribution in [0.25, 0.3) is 0 Å². The first kappa shape index (κ1) is 15.6. The van der Waals surface area contributed by atoms with Crippen LogP contribution in [0.5, 0.6) is 0 Å². The lowest BCUT2D eigenvalue weighted by molar-refractivity contribution is -0.138. The van der Waals surface area contributed by atoms with Gasteiger partial charge in [-0.15, -0.1) is 0 Å². The Labute approximate surface area is 150 Å². The van der Waals surface area contributed by atoms with Gasteiger partial charge in [-0.05, 0) is 12.5 Å². The maximum Gasteiger partial charge on any atom is 0.276 e. The monoisotopic (exact) mass is 353 g/mol. The number of amides is 2. The molecule has 0 aliphatic carbocycles. The lowest BCUT2D eigenvalue weighted by atomic mass is 10.0. The largest absolute Gasteiger partial charge is 0.361 e. The Kier molecular flexibility index (Phi) is 3.24. The molecule has 3 atom stereocenters. The summed E-state index contributed by atoms with van der Waals surface area (Å²) >= 11 is 0. The van der Waals surface area contributed by atoms with Crippen molar-refractivity contribution in [3.8, 4) is 0 Å².